The van der Waals surface area contributed by atoms with E-state index in [1.165, 1.54) is 12.8 Å². The van der Waals surface area contributed by atoms with Crippen LogP contribution in [0.2, 0.25) is 0 Å². The minimum absolute atomic E-state index is 0.134. The summed E-state index contributed by atoms with van der Waals surface area (Å²) >= 11 is 0. The lowest BCUT2D eigenvalue weighted by molar-refractivity contribution is 0.0831. The molecule has 1 aliphatic rings. The molecule has 3 heteroatoms. The van der Waals surface area contributed by atoms with Crippen LogP contribution in [0.4, 0.5) is 4.79 Å². The van der Waals surface area contributed by atoms with Gasteiger partial charge in [-0.15, -0.1) is 0 Å². The van der Waals surface area contributed by atoms with Gasteiger partial charge < -0.3 is 9.64 Å². The molecule has 0 N–H and O–H groups in total. The highest BCUT2D eigenvalue weighted by atomic mass is 16.6. The van der Waals surface area contributed by atoms with Crippen LogP contribution in [0.3, 0.4) is 0 Å². The van der Waals surface area contributed by atoms with Crippen molar-refractivity contribution in [3.05, 3.63) is 0 Å². The van der Waals surface area contributed by atoms with Crippen LogP contribution in [0.15, 0.2) is 0 Å². The van der Waals surface area contributed by atoms with E-state index >= 15 is 0 Å². The Bertz CT molecular complexity index is 247. The van der Waals surface area contributed by atoms with Crippen molar-refractivity contribution in [2.75, 3.05) is 19.7 Å². The van der Waals surface area contributed by atoms with Gasteiger partial charge >= 0.3 is 6.09 Å². The molecule has 0 saturated carbocycles. The van der Waals surface area contributed by atoms with Crippen LogP contribution in [0.1, 0.15) is 53.4 Å². The molecule has 0 aromatic rings. The first-order chi connectivity index (χ1) is 8.58. The molecule has 0 aliphatic carbocycles. The number of carbonyl (C=O) groups is 1. The van der Waals surface area contributed by atoms with Crippen LogP contribution in [-0.4, -0.2) is 30.7 Å². The summed E-state index contributed by atoms with van der Waals surface area (Å²) < 4.78 is 5.05. The van der Waals surface area contributed by atoms with Crippen molar-refractivity contribution in [1.82, 2.24) is 4.90 Å². The SMILES string of the molecule is CCOC(=O)N1CCC(C(C)CC(C)CC)CC1. The van der Waals surface area contributed by atoms with E-state index in [0.29, 0.717) is 6.61 Å². The Morgan fingerprint density at radius 2 is 1.89 bits per heavy atom. The largest absolute Gasteiger partial charge is 0.450 e. The third-order valence-corrected chi connectivity index (χ3v) is 4.34. The van der Waals surface area contributed by atoms with Crippen LogP contribution in [0.25, 0.3) is 0 Å². The van der Waals surface area contributed by atoms with Gasteiger partial charge in [0.05, 0.1) is 6.61 Å². The average Bonchev–Trinajstić information content (AvgIpc) is 2.39. The number of likely N-dealkylation sites (tertiary alicyclic amines) is 1. The van der Waals surface area contributed by atoms with Gasteiger partial charge in [0.1, 0.15) is 0 Å². The predicted molar refractivity (Wildman–Crippen MR) is 74.6 cm³/mol. The quantitative estimate of drug-likeness (QED) is 0.745. The van der Waals surface area contributed by atoms with E-state index in [1.807, 2.05) is 11.8 Å². The molecule has 18 heavy (non-hydrogen) atoms. The number of hydrogen-bond donors (Lipinski definition) is 0. The summed E-state index contributed by atoms with van der Waals surface area (Å²) in [7, 11) is 0. The summed E-state index contributed by atoms with van der Waals surface area (Å²) in [6.45, 7) is 11.0. The third-order valence-electron chi connectivity index (χ3n) is 4.34. The van der Waals surface area contributed by atoms with E-state index in [-0.39, 0.29) is 6.09 Å². The van der Waals surface area contributed by atoms with Crippen molar-refractivity contribution < 1.29 is 9.53 Å². The molecule has 0 aromatic carbocycles. The van der Waals surface area contributed by atoms with Crippen LogP contribution in [0.5, 0.6) is 0 Å². The summed E-state index contributed by atoms with van der Waals surface area (Å²) in [6.07, 6.45) is 4.73. The number of rotatable bonds is 5. The Hall–Kier alpha value is -0.730. The molecule has 0 radical (unpaired) electrons. The van der Waals surface area contributed by atoms with Crippen molar-refractivity contribution in [2.45, 2.75) is 53.4 Å². The van der Waals surface area contributed by atoms with Gasteiger partial charge in [0.25, 0.3) is 0 Å². The Morgan fingerprint density at radius 1 is 1.28 bits per heavy atom. The number of hydrogen-bond acceptors (Lipinski definition) is 2. The van der Waals surface area contributed by atoms with Crippen molar-refractivity contribution in [3.63, 3.8) is 0 Å². The van der Waals surface area contributed by atoms with Gasteiger partial charge in [-0.25, -0.2) is 4.79 Å². The minimum Gasteiger partial charge on any atom is -0.450 e. The molecule has 1 fully saturated rings. The highest BCUT2D eigenvalue weighted by Crippen LogP contribution is 2.30. The van der Waals surface area contributed by atoms with Crippen LogP contribution < -0.4 is 0 Å². The Labute approximate surface area is 112 Å². The lowest BCUT2D eigenvalue weighted by Crippen LogP contribution is -2.40. The number of nitrogens with zero attached hydrogens (tertiary/aromatic N) is 1. The first-order valence-corrected chi connectivity index (χ1v) is 7.50. The molecule has 2 atom stereocenters. The number of amides is 1. The van der Waals surface area contributed by atoms with Crippen molar-refractivity contribution in [2.24, 2.45) is 17.8 Å². The zero-order valence-electron chi connectivity index (χ0n) is 12.4. The fourth-order valence-electron chi connectivity index (χ4n) is 2.86. The van der Waals surface area contributed by atoms with Crippen molar-refractivity contribution >= 4 is 6.09 Å². The molecule has 1 aliphatic heterocycles. The average molecular weight is 255 g/mol. The smallest absolute Gasteiger partial charge is 0.409 e. The molecule has 106 valence electrons. The van der Waals surface area contributed by atoms with Gasteiger partial charge in [-0.3, -0.25) is 0 Å². The van der Waals surface area contributed by atoms with E-state index < -0.39 is 0 Å². The summed E-state index contributed by atoms with van der Waals surface area (Å²) in [4.78, 5) is 13.5. The van der Waals surface area contributed by atoms with Crippen LogP contribution in [-0.2, 0) is 4.74 Å². The molecule has 1 amide bonds. The zero-order chi connectivity index (χ0) is 13.5. The van der Waals surface area contributed by atoms with Crippen LogP contribution in [0, 0.1) is 17.8 Å². The van der Waals surface area contributed by atoms with E-state index in [1.54, 1.807) is 0 Å². The fraction of sp³-hybridized carbons (Fsp3) is 0.933. The lowest BCUT2D eigenvalue weighted by atomic mass is 9.80. The van der Waals surface area contributed by atoms with E-state index in [2.05, 4.69) is 20.8 Å². The molecule has 0 bridgehead atoms. The monoisotopic (exact) mass is 255 g/mol. The predicted octanol–water partition coefficient (Wildman–Crippen LogP) is 3.93. The minimum atomic E-state index is -0.134. The Kier molecular flexibility index (Phi) is 6.51. The van der Waals surface area contributed by atoms with Crippen molar-refractivity contribution in [3.8, 4) is 0 Å². The highest BCUT2D eigenvalue weighted by molar-refractivity contribution is 5.67. The summed E-state index contributed by atoms with van der Waals surface area (Å²) in [5.74, 6) is 2.39. The Balaban J connectivity index is 2.32. The molecule has 0 spiro atoms. The molecule has 2 unspecified atom stereocenters. The molecule has 1 saturated heterocycles. The second kappa shape index (κ2) is 7.65. The maximum Gasteiger partial charge on any atom is 0.409 e. The summed E-state index contributed by atoms with van der Waals surface area (Å²) in [5, 5.41) is 0. The molecular weight excluding hydrogens is 226 g/mol. The van der Waals surface area contributed by atoms with Gasteiger partial charge in [-0.05, 0) is 43.9 Å². The molecule has 0 aromatic heterocycles. The second-order valence-corrected chi connectivity index (χ2v) is 5.75. The lowest BCUT2D eigenvalue weighted by Gasteiger charge is -2.35. The normalized spacial score (nSPS) is 20.6. The van der Waals surface area contributed by atoms with E-state index in [0.717, 1.165) is 43.7 Å². The first-order valence-electron chi connectivity index (χ1n) is 7.50. The third kappa shape index (κ3) is 4.51. The van der Waals surface area contributed by atoms with Gasteiger partial charge in [0.15, 0.2) is 0 Å². The summed E-state index contributed by atoms with van der Waals surface area (Å²) in [5.41, 5.74) is 0. The van der Waals surface area contributed by atoms with Crippen LogP contribution >= 0.6 is 0 Å². The number of piperidine rings is 1. The number of carbonyl (C=O) groups excluding carboxylic acids is 1. The fourth-order valence-corrected chi connectivity index (χ4v) is 2.86. The zero-order valence-corrected chi connectivity index (χ0v) is 12.4. The molecule has 3 nitrogen and oxygen atoms in total. The standard InChI is InChI=1S/C15H29NO2/c1-5-12(3)11-13(4)14-7-9-16(10-8-14)15(17)18-6-2/h12-14H,5-11H2,1-4H3. The van der Waals surface area contributed by atoms with Gasteiger partial charge in [-0.2, -0.15) is 0 Å². The Morgan fingerprint density at radius 3 is 2.39 bits per heavy atom. The highest BCUT2D eigenvalue weighted by Gasteiger charge is 2.27. The molecule has 1 heterocycles. The maximum atomic E-state index is 11.6. The van der Waals surface area contributed by atoms with Gasteiger partial charge in [-0.1, -0.05) is 27.2 Å². The topological polar surface area (TPSA) is 29.5 Å². The maximum absolute atomic E-state index is 11.6. The summed E-state index contributed by atoms with van der Waals surface area (Å²) in [6, 6.07) is 0. The van der Waals surface area contributed by atoms with Gasteiger partial charge in [0, 0.05) is 13.1 Å². The molecular formula is C15H29NO2. The second-order valence-electron chi connectivity index (χ2n) is 5.75. The first kappa shape index (κ1) is 15.3. The van der Waals surface area contributed by atoms with E-state index in [4.69, 9.17) is 4.74 Å². The molecule has 1 rings (SSSR count). The van der Waals surface area contributed by atoms with E-state index in [9.17, 15) is 4.79 Å². The van der Waals surface area contributed by atoms with Gasteiger partial charge in [0.2, 0.25) is 0 Å². The van der Waals surface area contributed by atoms with Crippen molar-refractivity contribution in [1.29, 1.82) is 0 Å². The number of ether oxygens (including phenoxy) is 1.